The maximum atomic E-state index is 11.7. The lowest BCUT2D eigenvalue weighted by molar-refractivity contribution is -0.140. The second kappa shape index (κ2) is 5.56. The maximum absolute atomic E-state index is 11.7. The van der Waals surface area contributed by atoms with Crippen molar-refractivity contribution < 1.29 is 14.7 Å². The number of anilines is 1. The van der Waals surface area contributed by atoms with Gasteiger partial charge in [-0.05, 0) is 25.2 Å². The van der Waals surface area contributed by atoms with Crippen molar-refractivity contribution in [2.75, 3.05) is 5.32 Å². The van der Waals surface area contributed by atoms with Crippen molar-refractivity contribution in [1.82, 2.24) is 10.3 Å². The van der Waals surface area contributed by atoms with Gasteiger partial charge in [0.05, 0.1) is 5.69 Å². The molecule has 0 aromatic carbocycles. The lowest BCUT2D eigenvalue weighted by Gasteiger charge is -2.17. The van der Waals surface area contributed by atoms with Crippen LogP contribution in [0.25, 0.3) is 0 Å². The zero-order chi connectivity index (χ0) is 14.0. The summed E-state index contributed by atoms with van der Waals surface area (Å²) < 4.78 is 0. The fourth-order valence-corrected chi connectivity index (χ4v) is 3.08. The summed E-state index contributed by atoms with van der Waals surface area (Å²) in [6, 6.07) is -1.42. The van der Waals surface area contributed by atoms with Gasteiger partial charge in [-0.2, -0.15) is 0 Å². The molecule has 1 atom stereocenters. The number of carboxylic acids is 1. The minimum atomic E-state index is -1.04. The number of carbonyl (C=O) groups is 2. The Bertz CT molecular complexity index is 477. The van der Waals surface area contributed by atoms with Gasteiger partial charge < -0.3 is 10.4 Å². The Morgan fingerprint density at radius 2 is 2.11 bits per heavy atom. The van der Waals surface area contributed by atoms with E-state index in [1.165, 1.54) is 16.2 Å². The van der Waals surface area contributed by atoms with E-state index in [2.05, 4.69) is 15.6 Å². The van der Waals surface area contributed by atoms with Crippen molar-refractivity contribution in [2.24, 2.45) is 5.92 Å². The van der Waals surface area contributed by atoms with Crippen molar-refractivity contribution >= 4 is 28.5 Å². The van der Waals surface area contributed by atoms with Crippen LogP contribution in [0.1, 0.15) is 30.8 Å². The van der Waals surface area contributed by atoms with E-state index in [1.807, 2.05) is 0 Å². The van der Waals surface area contributed by atoms with Crippen LogP contribution >= 0.6 is 11.3 Å². The van der Waals surface area contributed by atoms with E-state index >= 15 is 0 Å². The highest BCUT2D eigenvalue weighted by Crippen LogP contribution is 2.30. The summed E-state index contributed by atoms with van der Waals surface area (Å²) in [4.78, 5) is 28.3. The number of rotatable bonds is 4. The van der Waals surface area contributed by atoms with Gasteiger partial charge in [0.25, 0.3) is 0 Å². The van der Waals surface area contributed by atoms with Crippen molar-refractivity contribution in [3.63, 3.8) is 0 Å². The molecule has 1 heterocycles. The second-order valence-electron chi connectivity index (χ2n) is 4.90. The Kier molecular flexibility index (Phi) is 4.04. The number of nitrogens with one attached hydrogen (secondary N) is 2. The fraction of sp³-hybridized carbons (Fsp3) is 0.583. The number of aryl methyl sites for hydroxylation is 2. The first kappa shape index (κ1) is 13.8. The molecule has 7 heteroatoms. The summed E-state index contributed by atoms with van der Waals surface area (Å²) in [5.41, 5.74) is 1.05. The average molecular weight is 283 g/mol. The number of thiazole rings is 1. The van der Waals surface area contributed by atoms with Crippen molar-refractivity contribution in [2.45, 2.75) is 39.2 Å². The molecule has 0 spiro atoms. The normalized spacial score (nSPS) is 15.1. The van der Waals surface area contributed by atoms with Crippen LogP contribution < -0.4 is 10.6 Å². The minimum absolute atomic E-state index is 0.176. The molecular weight excluding hydrogens is 266 g/mol. The summed E-state index contributed by atoms with van der Waals surface area (Å²) in [7, 11) is 0. The minimum Gasteiger partial charge on any atom is -0.480 e. The Labute approximate surface area is 115 Å². The topological polar surface area (TPSA) is 91.3 Å². The summed E-state index contributed by atoms with van der Waals surface area (Å²) in [6.07, 6.45) is 3.09. The Hall–Kier alpha value is -1.63. The number of aromatic nitrogens is 1. The van der Waals surface area contributed by atoms with Gasteiger partial charge in [0.15, 0.2) is 5.13 Å². The predicted molar refractivity (Wildman–Crippen MR) is 72.6 cm³/mol. The van der Waals surface area contributed by atoms with Crippen LogP contribution in [0.5, 0.6) is 0 Å². The van der Waals surface area contributed by atoms with Crippen LogP contribution in [0.3, 0.4) is 0 Å². The molecule has 6 nitrogen and oxygen atoms in total. The molecule has 0 saturated carbocycles. The standard InChI is InChI=1S/C12H17N3O3S/c1-6(2)9(10(16)17)14-11(18)15-12-13-7-4-3-5-8(7)19-12/h6,9H,3-5H2,1-2H3,(H,16,17)(H2,13,14,15,18)/t9-/m0/s1. The fourth-order valence-electron chi connectivity index (χ4n) is 2.03. The van der Waals surface area contributed by atoms with Crippen LogP contribution in [0.2, 0.25) is 0 Å². The summed E-state index contributed by atoms with van der Waals surface area (Å²) in [5.74, 6) is -1.21. The lowest BCUT2D eigenvalue weighted by Crippen LogP contribution is -2.46. The van der Waals surface area contributed by atoms with E-state index in [0.717, 1.165) is 25.0 Å². The molecule has 0 radical (unpaired) electrons. The first-order chi connectivity index (χ1) is 8.97. The predicted octanol–water partition coefficient (Wildman–Crippen LogP) is 1.86. The highest BCUT2D eigenvalue weighted by atomic mass is 32.1. The molecule has 0 aliphatic heterocycles. The highest BCUT2D eigenvalue weighted by molar-refractivity contribution is 7.15. The largest absolute Gasteiger partial charge is 0.480 e. The number of nitrogens with zero attached hydrogens (tertiary/aromatic N) is 1. The molecule has 2 rings (SSSR count). The highest BCUT2D eigenvalue weighted by Gasteiger charge is 2.24. The van der Waals surface area contributed by atoms with Crippen molar-refractivity contribution in [3.05, 3.63) is 10.6 Å². The lowest BCUT2D eigenvalue weighted by atomic mass is 10.1. The maximum Gasteiger partial charge on any atom is 0.326 e. The summed E-state index contributed by atoms with van der Waals surface area (Å²) in [5, 5.41) is 14.6. The van der Waals surface area contributed by atoms with Crippen LogP contribution in [0.4, 0.5) is 9.93 Å². The molecule has 1 aliphatic carbocycles. The zero-order valence-electron chi connectivity index (χ0n) is 10.9. The van der Waals surface area contributed by atoms with Gasteiger partial charge in [-0.15, -0.1) is 11.3 Å². The van der Waals surface area contributed by atoms with Crippen LogP contribution in [0.15, 0.2) is 0 Å². The first-order valence-electron chi connectivity index (χ1n) is 6.26. The van der Waals surface area contributed by atoms with E-state index in [0.29, 0.717) is 5.13 Å². The Balaban J connectivity index is 1.95. The molecule has 3 N–H and O–H groups in total. The van der Waals surface area contributed by atoms with Crippen LogP contribution in [-0.2, 0) is 17.6 Å². The van der Waals surface area contributed by atoms with Gasteiger partial charge in [0.1, 0.15) is 6.04 Å². The molecular formula is C12H17N3O3S. The van der Waals surface area contributed by atoms with Gasteiger partial charge in [-0.1, -0.05) is 13.8 Å². The zero-order valence-corrected chi connectivity index (χ0v) is 11.7. The average Bonchev–Trinajstić information content (AvgIpc) is 2.85. The molecule has 1 aromatic rings. The molecule has 1 aliphatic rings. The number of aliphatic carboxylic acids is 1. The van der Waals surface area contributed by atoms with Gasteiger partial charge in [0, 0.05) is 4.88 Å². The van der Waals surface area contributed by atoms with E-state index < -0.39 is 18.0 Å². The Morgan fingerprint density at radius 3 is 2.68 bits per heavy atom. The van der Waals surface area contributed by atoms with Crippen molar-refractivity contribution in [3.8, 4) is 0 Å². The molecule has 19 heavy (non-hydrogen) atoms. The number of carbonyl (C=O) groups excluding carboxylic acids is 1. The van der Waals surface area contributed by atoms with Crippen LogP contribution in [0, 0.1) is 5.92 Å². The molecule has 0 fully saturated rings. The molecule has 1 aromatic heterocycles. The van der Waals surface area contributed by atoms with E-state index in [1.54, 1.807) is 13.8 Å². The second-order valence-corrected chi connectivity index (χ2v) is 5.98. The number of urea groups is 1. The van der Waals surface area contributed by atoms with Gasteiger partial charge in [-0.3, -0.25) is 5.32 Å². The van der Waals surface area contributed by atoms with Crippen LogP contribution in [-0.4, -0.2) is 28.1 Å². The molecule has 104 valence electrons. The number of hydrogen-bond acceptors (Lipinski definition) is 4. The van der Waals surface area contributed by atoms with E-state index in [-0.39, 0.29) is 5.92 Å². The quantitative estimate of drug-likeness (QED) is 0.786. The monoisotopic (exact) mass is 283 g/mol. The van der Waals surface area contributed by atoms with E-state index in [9.17, 15) is 9.59 Å². The molecule has 0 bridgehead atoms. The van der Waals surface area contributed by atoms with Crippen molar-refractivity contribution in [1.29, 1.82) is 0 Å². The van der Waals surface area contributed by atoms with E-state index in [4.69, 9.17) is 5.11 Å². The first-order valence-corrected chi connectivity index (χ1v) is 7.08. The van der Waals surface area contributed by atoms with Gasteiger partial charge in [-0.25, -0.2) is 14.6 Å². The number of fused-ring (bicyclic) bond motifs is 1. The molecule has 0 unspecified atom stereocenters. The third-order valence-corrected chi connectivity index (χ3v) is 4.11. The number of amides is 2. The SMILES string of the molecule is CC(C)[C@H](NC(=O)Nc1nc2c(s1)CCC2)C(=O)O. The summed E-state index contributed by atoms with van der Waals surface area (Å²) in [6.45, 7) is 3.49. The van der Waals surface area contributed by atoms with Gasteiger partial charge >= 0.3 is 12.0 Å². The van der Waals surface area contributed by atoms with Gasteiger partial charge in [0.2, 0.25) is 0 Å². The third kappa shape index (κ3) is 3.23. The molecule has 0 saturated heterocycles. The Morgan fingerprint density at radius 1 is 1.37 bits per heavy atom. The number of carboxylic acid groups (broad SMARTS) is 1. The third-order valence-electron chi connectivity index (χ3n) is 3.04. The number of hydrogen-bond donors (Lipinski definition) is 3. The summed E-state index contributed by atoms with van der Waals surface area (Å²) >= 11 is 1.46. The smallest absolute Gasteiger partial charge is 0.326 e. The molecule has 2 amide bonds.